The molecule has 0 bridgehead atoms. The molecule has 1 aromatic heterocycles. The van der Waals surface area contributed by atoms with Gasteiger partial charge in [-0.25, -0.2) is 13.4 Å². The Labute approximate surface area is 179 Å². The van der Waals surface area contributed by atoms with Crippen molar-refractivity contribution in [2.45, 2.75) is 39.0 Å². The van der Waals surface area contributed by atoms with E-state index >= 15 is 0 Å². The van der Waals surface area contributed by atoms with Gasteiger partial charge in [0.25, 0.3) is 0 Å². The maximum atomic E-state index is 13.0. The molecule has 1 fully saturated rings. The summed E-state index contributed by atoms with van der Waals surface area (Å²) in [6, 6.07) is 10.7. The fourth-order valence-electron chi connectivity index (χ4n) is 3.19. The molecule has 1 aromatic carbocycles. The molecule has 0 atom stereocenters. The second-order valence-corrected chi connectivity index (χ2v) is 10.6. The molecule has 0 radical (unpaired) electrons. The quantitative estimate of drug-likeness (QED) is 0.805. The maximum Gasteiger partial charge on any atom is 0.243 e. The lowest BCUT2D eigenvalue weighted by atomic mass is 9.96. The molecular formula is C22H30N4O3S. The van der Waals surface area contributed by atoms with E-state index in [0.29, 0.717) is 30.2 Å². The molecule has 1 aliphatic rings. The van der Waals surface area contributed by atoms with Gasteiger partial charge in [0.2, 0.25) is 15.9 Å². The van der Waals surface area contributed by atoms with Crippen molar-refractivity contribution in [3.63, 3.8) is 0 Å². The van der Waals surface area contributed by atoms with Crippen LogP contribution < -0.4 is 10.2 Å². The van der Waals surface area contributed by atoms with E-state index in [4.69, 9.17) is 0 Å². The van der Waals surface area contributed by atoms with Gasteiger partial charge in [-0.3, -0.25) is 4.79 Å². The molecular weight excluding hydrogens is 400 g/mol. The summed E-state index contributed by atoms with van der Waals surface area (Å²) >= 11 is 0. The summed E-state index contributed by atoms with van der Waals surface area (Å²) in [5.41, 5.74) is 1.21. The number of rotatable bonds is 4. The molecule has 0 saturated carbocycles. The lowest BCUT2D eigenvalue weighted by Gasteiger charge is -2.23. The van der Waals surface area contributed by atoms with E-state index < -0.39 is 15.4 Å². The van der Waals surface area contributed by atoms with Crippen LogP contribution in [0.15, 0.2) is 47.5 Å². The van der Waals surface area contributed by atoms with Gasteiger partial charge in [-0.15, -0.1) is 0 Å². The number of hydrogen-bond acceptors (Lipinski definition) is 5. The third-order valence-electron chi connectivity index (χ3n) is 5.12. The number of aromatic nitrogens is 1. The number of benzene rings is 1. The molecule has 162 valence electrons. The normalized spacial score (nSPS) is 16.2. The predicted molar refractivity (Wildman–Crippen MR) is 119 cm³/mol. The summed E-state index contributed by atoms with van der Waals surface area (Å²) in [4.78, 5) is 19.0. The minimum Gasteiger partial charge on any atom is -0.355 e. The first-order valence-corrected chi connectivity index (χ1v) is 11.6. The topological polar surface area (TPSA) is 82.6 Å². The first kappa shape index (κ1) is 22.2. The Morgan fingerprint density at radius 3 is 2.30 bits per heavy atom. The second kappa shape index (κ2) is 8.73. The number of carbonyl (C=O) groups excluding carboxylic acids is 1. The Morgan fingerprint density at radius 1 is 1.00 bits per heavy atom. The van der Waals surface area contributed by atoms with Gasteiger partial charge in [-0.2, -0.15) is 4.31 Å². The van der Waals surface area contributed by atoms with E-state index in [-0.39, 0.29) is 5.91 Å². The molecule has 3 rings (SSSR count). The van der Waals surface area contributed by atoms with Gasteiger partial charge in [-0.1, -0.05) is 38.5 Å². The summed E-state index contributed by atoms with van der Waals surface area (Å²) in [6.45, 7) is 9.68. The lowest BCUT2D eigenvalue weighted by molar-refractivity contribution is -0.123. The zero-order valence-electron chi connectivity index (χ0n) is 18.1. The van der Waals surface area contributed by atoms with Crippen LogP contribution in [0.2, 0.25) is 0 Å². The lowest BCUT2D eigenvalue weighted by Crippen LogP contribution is -2.35. The van der Waals surface area contributed by atoms with Crippen molar-refractivity contribution < 1.29 is 13.2 Å². The Kier molecular flexibility index (Phi) is 6.47. The molecule has 8 heteroatoms. The number of carbonyl (C=O) groups is 1. The molecule has 2 aromatic rings. The Hall–Kier alpha value is -2.45. The molecule has 30 heavy (non-hydrogen) atoms. The minimum absolute atomic E-state index is 0.0659. The SMILES string of the molecule is Cc1ccc(S(=O)(=O)N2CCCN(c3ccc(NC(=O)C(C)(C)C)cn3)CC2)cc1. The molecule has 0 spiro atoms. The van der Waals surface area contributed by atoms with Crippen LogP contribution in [0.25, 0.3) is 0 Å². The first-order valence-electron chi connectivity index (χ1n) is 10.2. The highest BCUT2D eigenvalue weighted by Gasteiger charge is 2.27. The third kappa shape index (κ3) is 5.17. The van der Waals surface area contributed by atoms with E-state index in [1.807, 2.05) is 52.0 Å². The van der Waals surface area contributed by atoms with Crippen LogP contribution in [0, 0.1) is 12.3 Å². The van der Waals surface area contributed by atoms with Crippen molar-refractivity contribution >= 4 is 27.4 Å². The number of anilines is 2. The van der Waals surface area contributed by atoms with E-state index in [9.17, 15) is 13.2 Å². The first-order chi connectivity index (χ1) is 14.1. The second-order valence-electron chi connectivity index (χ2n) is 8.67. The fourth-order valence-corrected chi connectivity index (χ4v) is 4.66. The number of nitrogens with one attached hydrogen (secondary N) is 1. The predicted octanol–water partition coefficient (Wildman–Crippen LogP) is 3.28. The maximum absolute atomic E-state index is 13.0. The zero-order valence-corrected chi connectivity index (χ0v) is 18.9. The zero-order chi connectivity index (χ0) is 21.9. The van der Waals surface area contributed by atoms with Gasteiger partial charge in [-0.05, 0) is 37.6 Å². The number of pyridine rings is 1. The summed E-state index contributed by atoms with van der Waals surface area (Å²) in [5, 5.41) is 2.87. The molecule has 7 nitrogen and oxygen atoms in total. The summed E-state index contributed by atoms with van der Waals surface area (Å²) in [7, 11) is -3.50. The Morgan fingerprint density at radius 2 is 1.70 bits per heavy atom. The van der Waals surface area contributed by atoms with Crippen molar-refractivity contribution in [2.24, 2.45) is 5.41 Å². The van der Waals surface area contributed by atoms with Crippen molar-refractivity contribution in [1.29, 1.82) is 0 Å². The molecule has 1 aliphatic heterocycles. The molecule has 2 heterocycles. The molecule has 0 aliphatic carbocycles. The highest BCUT2D eigenvalue weighted by atomic mass is 32.2. The molecule has 0 unspecified atom stereocenters. The van der Waals surface area contributed by atoms with Gasteiger partial charge < -0.3 is 10.2 Å². The standard InChI is InChI=1S/C22H30N4O3S/c1-17-6-9-19(10-7-17)30(28,29)26-13-5-12-25(14-15-26)20-11-8-18(16-23-20)24-21(27)22(2,3)4/h6-11,16H,5,12-15H2,1-4H3,(H,24,27). The smallest absolute Gasteiger partial charge is 0.243 e. The number of hydrogen-bond donors (Lipinski definition) is 1. The molecule has 1 N–H and O–H groups in total. The average molecular weight is 431 g/mol. The molecule has 1 saturated heterocycles. The van der Waals surface area contributed by atoms with Crippen LogP contribution in [0.3, 0.4) is 0 Å². The van der Waals surface area contributed by atoms with E-state index in [2.05, 4.69) is 15.2 Å². The van der Waals surface area contributed by atoms with Gasteiger partial charge in [0, 0.05) is 31.6 Å². The van der Waals surface area contributed by atoms with Crippen LogP contribution in [0.1, 0.15) is 32.8 Å². The summed E-state index contributed by atoms with van der Waals surface area (Å²) in [6.07, 6.45) is 2.36. The number of amides is 1. The largest absolute Gasteiger partial charge is 0.355 e. The molecule has 1 amide bonds. The van der Waals surface area contributed by atoms with Gasteiger partial charge in [0.1, 0.15) is 5.82 Å². The monoisotopic (exact) mass is 430 g/mol. The van der Waals surface area contributed by atoms with Gasteiger partial charge in [0.15, 0.2) is 0 Å². The van der Waals surface area contributed by atoms with Crippen molar-refractivity contribution in [1.82, 2.24) is 9.29 Å². The highest BCUT2D eigenvalue weighted by Crippen LogP contribution is 2.22. The van der Waals surface area contributed by atoms with Crippen LogP contribution in [0.5, 0.6) is 0 Å². The van der Waals surface area contributed by atoms with E-state index in [1.165, 1.54) is 0 Å². The van der Waals surface area contributed by atoms with Crippen LogP contribution in [-0.2, 0) is 14.8 Å². The van der Waals surface area contributed by atoms with Crippen molar-refractivity contribution in [2.75, 3.05) is 36.4 Å². The van der Waals surface area contributed by atoms with Crippen molar-refractivity contribution in [3.8, 4) is 0 Å². The average Bonchev–Trinajstić information content (AvgIpc) is 2.95. The van der Waals surface area contributed by atoms with Crippen LogP contribution >= 0.6 is 0 Å². The Bertz CT molecular complexity index is 981. The highest BCUT2D eigenvalue weighted by molar-refractivity contribution is 7.89. The summed E-state index contributed by atoms with van der Waals surface area (Å²) < 4.78 is 27.5. The van der Waals surface area contributed by atoms with E-state index in [0.717, 1.165) is 24.3 Å². The van der Waals surface area contributed by atoms with Crippen molar-refractivity contribution in [3.05, 3.63) is 48.2 Å². The number of aryl methyl sites for hydroxylation is 1. The van der Waals surface area contributed by atoms with Gasteiger partial charge in [0.05, 0.1) is 16.8 Å². The summed E-state index contributed by atoms with van der Waals surface area (Å²) in [5.74, 6) is 0.710. The Balaban J connectivity index is 1.66. The minimum atomic E-state index is -3.50. The van der Waals surface area contributed by atoms with Crippen LogP contribution in [0.4, 0.5) is 11.5 Å². The van der Waals surface area contributed by atoms with E-state index in [1.54, 1.807) is 22.6 Å². The van der Waals surface area contributed by atoms with Gasteiger partial charge >= 0.3 is 0 Å². The number of sulfonamides is 1. The van der Waals surface area contributed by atoms with Crippen LogP contribution in [-0.4, -0.2) is 49.8 Å². The third-order valence-corrected chi connectivity index (χ3v) is 7.04. The number of nitrogens with zero attached hydrogens (tertiary/aromatic N) is 3. The fraction of sp³-hybridized carbons (Fsp3) is 0.455.